The first-order valence-corrected chi connectivity index (χ1v) is 6.98. The van der Waals surface area contributed by atoms with Gasteiger partial charge in [0, 0.05) is 25.5 Å². The van der Waals surface area contributed by atoms with Crippen molar-refractivity contribution >= 4 is 28.3 Å². The van der Waals surface area contributed by atoms with Gasteiger partial charge in [0.15, 0.2) is 5.13 Å². The van der Waals surface area contributed by atoms with Crippen molar-refractivity contribution in [3.8, 4) is 0 Å². The molecule has 1 saturated heterocycles. The third-order valence-electron chi connectivity index (χ3n) is 3.04. The van der Waals surface area contributed by atoms with Crippen LogP contribution in [0.2, 0.25) is 0 Å². The molecule has 6 nitrogen and oxygen atoms in total. The first kappa shape index (κ1) is 13.8. The molecule has 0 atom stereocenters. The molecule has 104 valence electrons. The Morgan fingerprint density at radius 1 is 1.53 bits per heavy atom. The van der Waals surface area contributed by atoms with Crippen molar-refractivity contribution in [2.75, 3.05) is 38.7 Å². The summed E-state index contributed by atoms with van der Waals surface area (Å²) >= 11 is 1.46. The summed E-state index contributed by atoms with van der Waals surface area (Å²) in [6.45, 7) is 1.93. The van der Waals surface area contributed by atoms with Gasteiger partial charge in [-0.2, -0.15) is 0 Å². The molecule has 0 N–H and O–H groups in total. The lowest BCUT2D eigenvalue weighted by molar-refractivity contribution is -0.139. The van der Waals surface area contributed by atoms with Gasteiger partial charge in [0.05, 0.1) is 25.8 Å². The van der Waals surface area contributed by atoms with E-state index in [1.54, 1.807) is 4.90 Å². The first-order valence-electron chi connectivity index (χ1n) is 6.10. The molecule has 1 aliphatic rings. The van der Waals surface area contributed by atoms with E-state index in [0.717, 1.165) is 24.6 Å². The van der Waals surface area contributed by atoms with E-state index in [2.05, 4.69) is 9.72 Å². The van der Waals surface area contributed by atoms with E-state index in [1.165, 1.54) is 18.4 Å². The van der Waals surface area contributed by atoms with Crippen LogP contribution >= 0.6 is 11.3 Å². The van der Waals surface area contributed by atoms with E-state index in [9.17, 15) is 9.59 Å². The minimum Gasteiger partial charge on any atom is -0.469 e. The predicted octanol–water partition coefficient (Wildman–Crippen LogP) is 0.527. The molecule has 0 aromatic carbocycles. The van der Waals surface area contributed by atoms with Crippen molar-refractivity contribution in [3.63, 3.8) is 0 Å². The molecule has 1 fully saturated rings. The molecular weight excluding hydrogens is 266 g/mol. The van der Waals surface area contributed by atoms with Gasteiger partial charge in [-0.3, -0.25) is 9.59 Å². The summed E-state index contributed by atoms with van der Waals surface area (Å²) in [6.07, 6.45) is 1.10. The molecule has 1 aliphatic heterocycles. The summed E-state index contributed by atoms with van der Waals surface area (Å²) in [7, 11) is 3.18. The van der Waals surface area contributed by atoms with Crippen molar-refractivity contribution in [3.05, 3.63) is 11.1 Å². The number of anilines is 1. The van der Waals surface area contributed by atoms with Gasteiger partial charge in [0.25, 0.3) is 0 Å². The number of hydrogen-bond acceptors (Lipinski definition) is 6. The Morgan fingerprint density at radius 2 is 2.32 bits per heavy atom. The fourth-order valence-corrected chi connectivity index (χ4v) is 2.74. The number of hydrogen-bond donors (Lipinski definition) is 0. The van der Waals surface area contributed by atoms with Crippen LogP contribution in [0.25, 0.3) is 0 Å². The summed E-state index contributed by atoms with van der Waals surface area (Å²) in [5.74, 6) is -0.203. The molecule has 1 amide bonds. The smallest absolute Gasteiger partial charge is 0.311 e. The monoisotopic (exact) mass is 283 g/mol. The Balaban J connectivity index is 2.05. The van der Waals surface area contributed by atoms with Crippen LogP contribution in [0, 0.1) is 0 Å². The number of nitrogens with zero attached hydrogens (tertiary/aromatic N) is 3. The van der Waals surface area contributed by atoms with Crippen molar-refractivity contribution in [1.82, 2.24) is 9.88 Å². The Morgan fingerprint density at radius 3 is 3.05 bits per heavy atom. The van der Waals surface area contributed by atoms with Crippen LogP contribution in [0.5, 0.6) is 0 Å². The Hall–Kier alpha value is -1.63. The van der Waals surface area contributed by atoms with Gasteiger partial charge in [-0.05, 0) is 6.42 Å². The normalized spacial score (nSPS) is 16.4. The molecule has 2 heterocycles. The van der Waals surface area contributed by atoms with Gasteiger partial charge in [0.2, 0.25) is 5.91 Å². The molecule has 0 spiro atoms. The second kappa shape index (κ2) is 6.01. The number of aromatic nitrogens is 1. The van der Waals surface area contributed by atoms with Crippen molar-refractivity contribution in [2.45, 2.75) is 12.8 Å². The Bertz CT molecular complexity index is 475. The van der Waals surface area contributed by atoms with Gasteiger partial charge in [-0.15, -0.1) is 11.3 Å². The minimum atomic E-state index is -0.302. The number of rotatable bonds is 3. The number of esters is 1. The largest absolute Gasteiger partial charge is 0.469 e. The summed E-state index contributed by atoms with van der Waals surface area (Å²) in [6, 6.07) is 0. The summed E-state index contributed by atoms with van der Waals surface area (Å²) in [4.78, 5) is 31.1. The zero-order chi connectivity index (χ0) is 13.8. The van der Waals surface area contributed by atoms with Crippen LogP contribution in [0.3, 0.4) is 0 Å². The molecule has 1 aromatic heterocycles. The molecule has 0 radical (unpaired) electrons. The van der Waals surface area contributed by atoms with Crippen LogP contribution < -0.4 is 4.90 Å². The van der Waals surface area contributed by atoms with Gasteiger partial charge in [0.1, 0.15) is 0 Å². The zero-order valence-electron chi connectivity index (χ0n) is 11.1. The number of carbonyl (C=O) groups excluding carboxylic acids is 2. The molecule has 2 rings (SSSR count). The minimum absolute atomic E-state index is 0.0993. The standard InChI is InChI=1S/C12H17N3O3S/c1-14-4-3-5-15(7-10(14)16)12-13-9(8-19-12)6-11(17)18-2/h8H,3-7H2,1-2H3. The third-order valence-corrected chi connectivity index (χ3v) is 3.99. The number of thiazole rings is 1. The summed E-state index contributed by atoms with van der Waals surface area (Å²) in [5, 5.41) is 2.63. The van der Waals surface area contributed by atoms with Gasteiger partial charge < -0.3 is 14.5 Å². The summed E-state index contributed by atoms with van der Waals surface area (Å²) in [5.41, 5.74) is 0.692. The summed E-state index contributed by atoms with van der Waals surface area (Å²) < 4.78 is 4.61. The average Bonchev–Trinajstić information content (AvgIpc) is 2.78. The first-order chi connectivity index (χ1) is 9.10. The van der Waals surface area contributed by atoms with Gasteiger partial charge in [-0.1, -0.05) is 0 Å². The Kier molecular flexibility index (Phi) is 4.36. The Labute approximate surface area is 116 Å². The van der Waals surface area contributed by atoms with E-state index in [4.69, 9.17) is 0 Å². The van der Waals surface area contributed by atoms with Crippen molar-refractivity contribution < 1.29 is 14.3 Å². The van der Waals surface area contributed by atoms with E-state index < -0.39 is 0 Å². The van der Waals surface area contributed by atoms with E-state index in [0.29, 0.717) is 12.2 Å². The number of methoxy groups -OCH3 is 1. The topological polar surface area (TPSA) is 62.7 Å². The van der Waals surface area contributed by atoms with E-state index in [-0.39, 0.29) is 18.3 Å². The highest BCUT2D eigenvalue weighted by atomic mass is 32.1. The molecule has 0 saturated carbocycles. The van der Waals surface area contributed by atoms with Crippen LogP contribution in [0.1, 0.15) is 12.1 Å². The molecule has 0 bridgehead atoms. The van der Waals surface area contributed by atoms with Gasteiger partial charge >= 0.3 is 5.97 Å². The highest BCUT2D eigenvalue weighted by molar-refractivity contribution is 7.13. The van der Waals surface area contributed by atoms with Crippen LogP contribution in [0.4, 0.5) is 5.13 Å². The van der Waals surface area contributed by atoms with Crippen LogP contribution in [-0.2, 0) is 20.7 Å². The number of likely N-dealkylation sites (N-methyl/N-ethyl adjacent to an activating group) is 1. The average molecular weight is 283 g/mol. The maximum atomic E-state index is 11.8. The van der Waals surface area contributed by atoms with E-state index >= 15 is 0 Å². The highest BCUT2D eigenvalue weighted by Crippen LogP contribution is 2.22. The van der Waals surface area contributed by atoms with Crippen LogP contribution in [-0.4, -0.2) is 55.6 Å². The highest BCUT2D eigenvalue weighted by Gasteiger charge is 2.21. The number of amides is 1. The lowest BCUT2D eigenvalue weighted by Crippen LogP contribution is -2.34. The fourth-order valence-electron chi connectivity index (χ4n) is 1.89. The molecule has 7 heteroatoms. The molecule has 0 unspecified atom stereocenters. The van der Waals surface area contributed by atoms with E-state index in [1.807, 2.05) is 17.3 Å². The maximum absolute atomic E-state index is 11.8. The molecule has 19 heavy (non-hydrogen) atoms. The zero-order valence-corrected chi connectivity index (χ0v) is 11.9. The molecular formula is C12H17N3O3S. The predicted molar refractivity (Wildman–Crippen MR) is 72.3 cm³/mol. The lowest BCUT2D eigenvalue weighted by atomic mass is 10.3. The second-order valence-electron chi connectivity index (χ2n) is 4.46. The quantitative estimate of drug-likeness (QED) is 0.757. The molecule has 0 aliphatic carbocycles. The van der Waals surface area contributed by atoms with Crippen LogP contribution in [0.15, 0.2) is 5.38 Å². The SMILES string of the molecule is COC(=O)Cc1csc(N2CCCN(C)C(=O)C2)n1. The fraction of sp³-hybridized carbons (Fsp3) is 0.583. The maximum Gasteiger partial charge on any atom is 0.311 e. The third kappa shape index (κ3) is 3.44. The van der Waals surface area contributed by atoms with Crippen molar-refractivity contribution in [1.29, 1.82) is 0 Å². The number of carbonyl (C=O) groups is 2. The van der Waals surface area contributed by atoms with Gasteiger partial charge in [-0.25, -0.2) is 4.98 Å². The number of ether oxygens (including phenoxy) is 1. The second-order valence-corrected chi connectivity index (χ2v) is 5.30. The molecule has 1 aromatic rings. The lowest BCUT2D eigenvalue weighted by Gasteiger charge is -2.18. The van der Waals surface area contributed by atoms with Crippen molar-refractivity contribution in [2.24, 2.45) is 0 Å².